The van der Waals surface area contributed by atoms with Crippen LogP contribution in [-0.4, -0.2) is 35.7 Å². The van der Waals surface area contributed by atoms with Gasteiger partial charge in [0.25, 0.3) is 0 Å². The molecule has 2 N–H and O–H groups in total. The molecule has 1 heterocycles. The molecule has 1 fully saturated rings. The van der Waals surface area contributed by atoms with Gasteiger partial charge in [0.15, 0.2) is 0 Å². The van der Waals surface area contributed by atoms with Gasteiger partial charge in [0.1, 0.15) is 10.8 Å². The van der Waals surface area contributed by atoms with Crippen molar-refractivity contribution in [3.8, 4) is 0 Å². The maximum atomic E-state index is 13.8. The van der Waals surface area contributed by atoms with Gasteiger partial charge >= 0.3 is 0 Å². The van der Waals surface area contributed by atoms with Gasteiger partial charge in [0.05, 0.1) is 6.10 Å². The summed E-state index contributed by atoms with van der Waals surface area (Å²) >= 11 is 4.93. The van der Waals surface area contributed by atoms with Crippen molar-refractivity contribution >= 4 is 17.2 Å². The Morgan fingerprint density at radius 3 is 2.89 bits per heavy atom. The average molecular weight is 282 g/mol. The summed E-state index contributed by atoms with van der Waals surface area (Å²) in [5.74, 6) is -0.224. The fourth-order valence-electron chi connectivity index (χ4n) is 2.53. The molecular formula is C14H19FN2OS. The second-order valence-corrected chi connectivity index (χ2v) is 5.46. The van der Waals surface area contributed by atoms with Gasteiger partial charge in [-0.2, -0.15) is 0 Å². The first-order valence-corrected chi connectivity index (χ1v) is 6.80. The van der Waals surface area contributed by atoms with Gasteiger partial charge in [0.2, 0.25) is 0 Å². The molecule has 0 bridgehead atoms. The van der Waals surface area contributed by atoms with Crippen LogP contribution in [0.15, 0.2) is 18.2 Å². The van der Waals surface area contributed by atoms with E-state index in [0.29, 0.717) is 28.7 Å². The summed E-state index contributed by atoms with van der Waals surface area (Å²) in [5.41, 5.74) is 6.90. The van der Waals surface area contributed by atoms with Crippen LogP contribution in [0.4, 0.5) is 4.39 Å². The van der Waals surface area contributed by atoms with Crippen LogP contribution in [0.2, 0.25) is 0 Å². The number of thiocarbonyl (C=S) groups is 1. The van der Waals surface area contributed by atoms with Crippen molar-refractivity contribution in [3.63, 3.8) is 0 Å². The lowest BCUT2D eigenvalue weighted by Crippen LogP contribution is -2.36. The van der Waals surface area contributed by atoms with Gasteiger partial charge in [-0.3, -0.25) is 4.90 Å². The highest BCUT2D eigenvalue weighted by molar-refractivity contribution is 7.80. The van der Waals surface area contributed by atoms with Crippen LogP contribution in [0, 0.1) is 5.82 Å². The van der Waals surface area contributed by atoms with Gasteiger partial charge < -0.3 is 10.5 Å². The minimum Gasteiger partial charge on any atom is -0.389 e. The molecule has 2 rings (SSSR count). The van der Waals surface area contributed by atoms with Crippen LogP contribution < -0.4 is 5.73 Å². The monoisotopic (exact) mass is 282 g/mol. The van der Waals surface area contributed by atoms with Gasteiger partial charge in [-0.15, -0.1) is 0 Å². The van der Waals surface area contributed by atoms with Crippen LogP contribution >= 0.6 is 12.2 Å². The molecule has 0 radical (unpaired) electrons. The molecule has 0 spiro atoms. The third-order valence-electron chi connectivity index (χ3n) is 3.65. The highest BCUT2D eigenvalue weighted by atomic mass is 32.1. The maximum Gasteiger partial charge on any atom is 0.127 e. The SMILES string of the molecule is CC1OCCC1N(C)Cc1cc(C(N)=S)ccc1F. The third kappa shape index (κ3) is 3.29. The van der Waals surface area contributed by atoms with E-state index in [1.54, 1.807) is 12.1 Å². The zero-order valence-corrected chi connectivity index (χ0v) is 12.0. The normalized spacial score (nSPS) is 22.9. The predicted octanol–water partition coefficient (Wildman–Crippen LogP) is 2.07. The largest absolute Gasteiger partial charge is 0.389 e. The quantitative estimate of drug-likeness (QED) is 0.858. The van der Waals surface area contributed by atoms with Gasteiger partial charge in [-0.1, -0.05) is 12.2 Å². The molecule has 104 valence electrons. The van der Waals surface area contributed by atoms with Gasteiger partial charge in [0, 0.05) is 30.3 Å². The number of hydrogen-bond donors (Lipinski definition) is 1. The Kier molecular flexibility index (Phi) is 4.50. The first kappa shape index (κ1) is 14.4. The summed E-state index contributed by atoms with van der Waals surface area (Å²) in [7, 11) is 1.99. The second-order valence-electron chi connectivity index (χ2n) is 5.02. The van der Waals surface area contributed by atoms with Crippen molar-refractivity contribution in [2.75, 3.05) is 13.7 Å². The Balaban J connectivity index is 2.13. The molecule has 0 amide bonds. The Labute approximate surface area is 118 Å². The highest BCUT2D eigenvalue weighted by Crippen LogP contribution is 2.21. The van der Waals surface area contributed by atoms with E-state index in [0.717, 1.165) is 13.0 Å². The number of nitrogens with two attached hydrogens (primary N) is 1. The lowest BCUT2D eigenvalue weighted by molar-refractivity contribution is 0.0811. The fourth-order valence-corrected chi connectivity index (χ4v) is 2.66. The molecule has 1 aromatic rings. The number of benzene rings is 1. The summed E-state index contributed by atoms with van der Waals surface area (Å²) in [4.78, 5) is 2.42. The molecule has 3 nitrogen and oxygen atoms in total. The number of hydrogen-bond acceptors (Lipinski definition) is 3. The molecule has 1 aliphatic heterocycles. The van der Waals surface area contributed by atoms with E-state index in [1.807, 2.05) is 7.05 Å². The number of rotatable bonds is 4. The van der Waals surface area contributed by atoms with E-state index in [1.165, 1.54) is 6.07 Å². The average Bonchev–Trinajstić information content (AvgIpc) is 2.78. The van der Waals surface area contributed by atoms with Crippen LogP contribution in [-0.2, 0) is 11.3 Å². The standard InChI is InChI=1S/C14H19FN2OS/c1-9-13(5-6-18-9)17(2)8-11-7-10(14(16)19)3-4-12(11)15/h3-4,7,9,13H,5-6,8H2,1-2H3,(H2,16,19). The number of ether oxygens (including phenoxy) is 1. The molecule has 1 aliphatic rings. The maximum absolute atomic E-state index is 13.8. The molecule has 0 aliphatic carbocycles. The fraction of sp³-hybridized carbons (Fsp3) is 0.500. The van der Waals surface area contributed by atoms with Crippen molar-refractivity contribution in [2.45, 2.75) is 32.0 Å². The Bertz CT molecular complexity index is 481. The van der Waals surface area contributed by atoms with E-state index in [4.69, 9.17) is 22.7 Å². The first-order chi connectivity index (χ1) is 8.99. The second kappa shape index (κ2) is 5.94. The summed E-state index contributed by atoms with van der Waals surface area (Å²) < 4.78 is 19.4. The molecule has 5 heteroatoms. The van der Waals surface area contributed by atoms with Crippen molar-refractivity contribution in [3.05, 3.63) is 35.1 Å². The number of nitrogens with zero attached hydrogens (tertiary/aromatic N) is 1. The van der Waals surface area contributed by atoms with Gasteiger partial charge in [-0.25, -0.2) is 4.39 Å². The molecular weight excluding hydrogens is 263 g/mol. The van der Waals surface area contributed by atoms with E-state index < -0.39 is 0 Å². The zero-order valence-electron chi connectivity index (χ0n) is 11.2. The van der Waals surface area contributed by atoms with Crippen molar-refractivity contribution in [1.29, 1.82) is 0 Å². The Morgan fingerprint density at radius 2 is 2.32 bits per heavy atom. The minimum atomic E-state index is -0.224. The van der Waals surface area contributed by atoms with Crippen LogP contribution in [0.3, 0.4) is 0 Å². The van der Waals surface area contributed by atoms with Crippen LogP contribution in [0.25, 0.3) is 0 Å². The van der Waals surface area contributed by atoms with E-state index in [9.17, 15) is 4.39 Å². The van der Waals surface area contributed by atoms with Crippen molar-refractivity contribution in [1.82, 2.24) is 4.90 Å². The van der Waals surface area contributed by atoms with E-state index in [-0.39, 0.29) is 11.9 Å². The number of halogens is 1. The molecule has 2 unspecified atom stereocenters. The lowest BCUT2D eigenvalue weighted by atomic mass is 10.1. The molecule has 2 atom stereocenters. The number of likely N-dealkylation sites (N-methyl/N-ethyl adjacent to an activating group) is 1. The molecule has 19 heavy (non-hydrogen) atoms. The highest BCUT2D eigenvalue weighted by Gasteiger charge is 2.28. The first-order valence-electron chi connectivity index (χ1n) is 6.39. The van der Waals surface area contributed by atoms with Crippen molar-refractivity contribution < 1.29 is 9.13 Å². The lowest BCUT2D eigenvalue weighted by Gasteiger charge is -2.26. The van der Waals surface area contributed by atoms with E-state index >= 15 is 0 Å². The zero-order chi connectivity index (χ0) is 14.0. The Hall–Kier alpha value is -1.04. The van der Waals surface area contributed by atoms with Crippen LogP contribution in [0.5, 0.6) is 0 Å². The van der Waals surface area contributed by atoms with Crippen molar-refractivity contribution in [2.24, 2.45) is 5.73 Å². The predicted molar refractivity (Wildman–Crippen MR) is 77.6 cm³/mol. The summed E-state index contributed by atoms with van der Waals surface area (Å²) in [6, 6.07) is 5.09. The summed E-state index contributed by atoms with van der Waals surface area (Å²) in [6.45, 7) is 3.35. The molecule has 1 aromatic carbocycles. The third-order valence-corrected chi connectivity index (χ3v) is 3.89. The molecule has 0 aromatic heterocycles. The van der Waals surface area contributed by atoms with E-state index in [2.05, 4.69) is 11.8 Å². The smallest absolute Gasteiger partial charge is 0.127 e. The topological polar surface area (TPSA) is 38.5 Å². The van der Waals surface area contributed by atoms with Crippen LogP contribution in [0.1, 0.15) is 24.5 Å². The van der Waals surface area contributed by atoms with Gasteiger partial charge in [-0.05, 0) is 38.6 Å². The summed E-state index contributed by atoms with van der Waals surface area (Å²) in [5, 5.41) is 0. The Morgan fingerprint density at radius 1 is 1.58 bits per heavy atom. The minimum absolute atomic E-state index is 0.187. The molecule has 0 saturated carbocycles. The summed E-state index contributed by atoms with van der Waals surface area (Å²) in [6.07, 6.45) is 1.17. The molecule has 1 saturated heterocycles.